The standard InChI is InChI=1S/C11H12OS/c1-9(7-8-13)11(12)10-5-3-2-4-6-10/h2-6,8-9H,7H2,1H3. The molecule has 0 amide bonds. The molecular formula is C11H12OS. The van der Waals surface area contributed by atoms with E-state index < -0.39 is 0 Å². The van der Waals surface area contributed by atoms with Gasteiger partial charge in [0.15, 0.2) is 5.78 Å². The first-order chi connectivity index (χ1) is 6.25. The van der Waals surface area contributed by atoms with Crippen molar-refractivity contribution in [2.75, 3.05) is 0 Å². The van der Waals surface area contributed by atoms with Crippen LogP contribution in [-0.2, 0) is 0 Å². The van der Waals surface area contributed by atoms with E-state index in [-0.39, 0.29) is 11.7 Å². The van der Waals surface area contributed by atoms with Crippen LogP contribution >= 0.6 is 12.2 Å². The van der Waals surface area contributed by atoms with Gasteiger partial charge >= 0.3 is 0 Å². The van der Waals surface area contributed by atoms with Crippen molar-refractivity contribution >= 4 is 23.4 Å². The van der Waals surface area contributed by atoms with Crippen molar-refractivity contribution in [3.8, 4) is 0 Å². The predicted octanol–water partition coefficient (Wildman–Crippen LogP) is 2.90. The van der Waals surface area contributed by atoms with Gasteiger partial charge in [-0.05, 0) is 11.8 Å². The minimum Gasteiger partial charge on any atom is -0.294 e. The number of hydrogen-bond acceptors (Lipinski definition) is 2. The molecule has 13 heavy (non-hydrogen) atoms. The molecule has 0 aliphatic heterocycles. The lowest BCUT2D eigenvalue weighted by molar-refractivity contribution is 0.0934. The Kier molecular flexibility index (Phi) is 3.77. The highest BCUT2D eigenvalue weighted by molar-refractivity contribution is 7.78. The molecule has 0 aliphatic carbocycles. The van der Waals surface area contributed by atoms with Crippen molar-refractivity contribution in [1.29, 1.82) is 0 Å². The average molecular weight is 192 g/mol. The van der Waals surface area contributed by atoms with Crippen LogP contribution in [0.2, 0.25) is 0 Å². The number of benzene rings is 1. The summed E-state index contributed by atoms with van der Waals surface area (Å²) in [5.41, 5.74) is 0.770. The smallest absolute Gasteiger partial charge is 0.166 e. The number of carbonyl (C=O) groups is 1. The molecule has 1 nitrogen and oxygen atoms in total. The molecule has 1 atom stereocenters. The lowest BCUT2D eigenvalue weighted by Crippen LogP contribution is -2.11. The number of thiocarbonyl (C=S) groups is 1. The topological polar surface area (TPSA) is 17.1 Å². The van der Waals surface area contributed by atoms with Gasteiger partial charge < -0.3 is 0 Å². The molecule has 0 N–H and O–H groups in total. The molecule has 0 fully saturated rings. The molecule has 1 unspecified atom stereocenters. The van der Waals surface area contributed by atoms with E-state index in [1.54, 1.807) is 5.37 Å². The van der Waals surface area contributed by atoms with Crippen LogP contribution in [0, 0.1) is 5.92 Å². The quantitative estimate of drug-likeness (QED) is 0.539. The lowest BCUT2D eigenvalue weighted by atomic mass is 9.97. The zero-order valence-corrected chi connectivity index (χ0v) is 8.38. The average Bonchev–Trinajstić information content (AvgIpc) is 2.18. The van der Waals surface area contributed by atoms with E-state index in [9.17, 15) is 4.79 Å². The second-order valence-electron chi connectivity index (χ2n) is 3.03. The molecule has 1 aromatic carbocycles. The Hall–Kier alpha value is -1.02. The number of carbonyl (C=O) groups excluding carboxylic acids is 1. The van der Waals surface area contributed by atoms with Crippen LogP contribution in [0.15, 0.2) is 30.3 Å². The first kappa shape index (κ1) is 10.1. The normalized spacial score (nSPS) is 12.1. The van der Waals surface area contributed by atoms with E-state index in [0.29, 0.717) is 6.42 Å². The van der Waals surface area contributed by atoms with Gasteiger partial charge in [0.2, 0.25) is 0 Å². The second kappa shape index (κ2) is 4.87. The molecule has 0 saturated heterocycles. The highest BCUT2D eigenvalue weighted by Crippen LogP contribution is 2.10. The summed E-state index contributed by atoms with van der Waals surface area (Å²) in [7, 11) is 0. The van der Waals surface area contributed by atoms with E-state index in [1.165, 1.54) is 0 Å². The fraction of sp³-hybridized carbons (Fsp3) is 0.273. The Morgan fingerprint density at radius 3 is 2.62 bits per heavy atom. The van der Waals surface area contributed by atoms with Gasteiger partial charge in [-0.2, -0.15) is 0 Å². The van der Waals surface area contributed by atoms with Crippen molar-refractivity contribution in [3.05, 3.63) is 35.9 Å². The van der Waals surface area contributed by atoms with E-state index >= 15 is 0 Å². The summed E-state index contributed by atoms with van der Waals surface area (Å²) >= 11 is 4.72. The third kappa shape index (κ3) is 2.74. The van der Waals surface area contributed by atoms with Crippen LogP contribution in [0.3, 0.4) is 0 Å². The zero-order valence-electron chi connectivity index (χ0n) is 7.57. The molecule has 0 spiro atoms. The summed E-state index contributed by atoms with van der Waals surface area (Å²) in [5, 5.41) is 1.62. The summed E-state index contributed by atoms with van der Waals surface area (Å²) in [4.78, 5) is 11.7. The minimum absolute atomic E-state index is 0.0000926. The first-order valence-corrected chi connectivity index (χ1v) is 4.75. The maximum absolute atomic E-state index is 11.7. The van der Waals surface area contributed by atoms with Crippen molar-refractivity contribution in [3.63, 3.8) is 0 Å². The van der Waals surface area contributed by atoms with Crippen molar-refractivity contribution in [1.82, 2.24) is 0 Å². The fourth-order valence-corrected chi connectivity index (χ4v) is 1.43. The maximum Gasteiger partial charge on any atom is 0.166 e. The summed E-state index contributed by atoms with van der Waals surface area (Å²) in [5.74, 6) is 0.168. The van der Waals surface area contributed by atoms with E-state index in [2.05, 4.69) is 0 Å². The van der Waals surface area contributed by atoms with Gasteiger partial charge in [-0.25, -0.2) is 0 Å². The van der Waals surface area contributed by atoms with Gasteiger partial charge in [0.1, 0.15) is 0 Å². The summed E-state index contributed by atoms with van der Waals surface area (Å²) in [6.07, 6.45) is 0.670. The fourth-order valence-electron chi connectivity index (χ4n) is 1.14. The number of hydrogen-bond donors (Lipinski definition) is 0. The van der Waals surface area contributed by atoms with Crippen molar-refractivity contribution < 1.29 is 4.79 Å². The molecule has 0 saturated carbocycles. The second-order valence-corrected chi connectivity index (χ2v) is 3.37. The van der Waals surface area contributed by atoms with Crippen LogP contribution < -0.4 is 0 Å². The third-order valence-electron chi connectivity index (χ3n) is 1.96. The molecule has 0 radical (unpaired) electrons. The molecule has 1 aromatic rings. The van der Waals surface area contributed by atoms with E-state index in [0.717, 1.165) is 5.56 Å². The van der Waals surface area contributed by atoms with Crippen LogP contribution in [0.5, 0.6) is 0 Å². The van der Waals surface area contributed by atoms with Gasteiger partial charge in [0.25, 0.3) is 0 Å². The Morgan fingerprint density at radius 2 is 2.08 bits per heavy atom. The van der Waals surface area contributed by atoms with Gasteiger partial charge in [0, 0.05) is 11.5 Å². The highest BCUT2D eigenvalue weighted by atomic mass is 32.1. The van der Waals surface area contributed by atoms with Gasteiger partial charge in [-0.1, -0.05) is 49.5 Å². The van der Waals surface area contributed by atoms with Gasteiger partial charge in [0.05, 0.1) is 0 Å². The monoisotopic (exact) mass is 192 g/mol. The molecule has 68 valence electrons. The van der Waals surface area contributed by atoms with Gasteiger partial charge in [-0.3, -0.25) is 4.79 Å². The van der Waals surface area contributed by atoms with Gasteiger partial charge in [-0.15, -0.1) is 0 Å². The van der Waals surface area contributed by atoms with E-state index in [1.807, 2.05) is 37.3 Å². The Balaban J connectivity index is 2.73. The largest absolute Gasteiger partial charge is 0.294 e. The molecule has 1 rings (SSSR count). The third-order valence-corrected chi connectivity index (χ3v) is 2.15. The predicted molar refractivity (Wildman–Crippen MR) is 58.2 cm³/mol. The molecular weight excluding hydrogens is 180 g/mol. The zero-order chi connectivity index (χ0) is 9.68. The van der Waals surface area contributed by atoms with Crippen LogP contribution in [-0.4, -0.2) is 11.2 Å². The first-order valence-electron chi connectivity index (χ1n) is 4.28. The minimum atomic E-state index is -0.0000926. The van der Waals surface area contributed by atoms with Crippen molar-refractivity contribution in [2.24, 2.45) is 5.92 Å². The van der Waals surface area contributed by atoms with Crippen LogP contribution in [0.25, 0.3) is 0 Å². The molecule has 0 bridgehead atoms. The van der Waals surface area contributed by atoms with Crippen molar-refractivity contribution in [2.45, 2.75) is 13.3 Å². The van der Waals surface area contributed by atoms with E-state index in [4.69, 9.17) is 12.2 Å². The Bertz CT molecular complexity index is 292. The lowest BCUT2D eigenvalue weighted by Gasteiger charge is -2.06. The molecule has 0 aromatic heterocycles. The molecule has 0 heterocycles. The summed E-state index contributed by atoms with van der Waals surface area (Å²) in [6.45, 7) is 1.90. The number of Topliss-reactive ketones (excluding diaryl/α,β-unsaturated/α-hetero) is 1. The van der Waals surface area contributed by atoms with Crippen LogP contribution in [0.4, 0.5) is 0 Å². The maximum atomic E-state index is 11.7. The number of ketones is 1. The Labute approximate surface area is 83.8 Å². The summed E-state index contributed by atoms with van der Waals surface area (Å²) in [6, 6.07) is 9.32. The molecule has 2 heteroatoms. The SMILES string of the molecule is CC(CC=S)C(=O)c1ccccc1. The summed E-state index contributed by atoms with van der Waals surface area (Å²) < 4.78 is 0. The highest BCUT2D eigenvalue weighted by Gasteiger charge is 2.12. The number of rotatable bonds is 4. The van der Waals surface area contributed by atoms with Crippen LogP contribution in [0.1, 0.15) is 23.7 Å². The molecule has 0 aliphatic rings. The Morgan fingerprint density at radius 1 is 1.46 bits per heavy atom.